The van der Waals surface area contributed by atoms with Crippen LogP contribution in [0.2, 0.25) is 0 Å². The Morgan fingerprint density at radius 3 is 2.73 bits per heavy atom. The highest BCUT2D eigenvalue weighted by atomic mass is 16.5. The molecule has 1 aliphatic heterocycles. The van der Waals surface area contributed by atoms with Gasteiger partial charge in [0, 0.05) is 36.4 Å². The van der Waals surface area contributed by atoms with Crippen LogP contribution in [-0.4, -0.2) is 29.9 Å². The first kappa shape index (κ1) is 17.9. The summed E-state index contributed by atoms with van der Waals surface area (Å²) in [5, 5.41) is 2.92. The first-order valence-electron chi connectivity index (χ1n) is 8.58. The molecule has 0 saturated carbocycles. The van der Waals surface area contributed by atoms with E-state index >= 15 is 0 Å². The first-order valence-corrected chi connectivity index (χ1v) is 8.58. The highest BCUT2D eigenvalue weighted by molar-refractivity contribution is 6.02. The molecule has 26 heavy (non-hydrogen) atoms. The monoisotopic (exact) mass is 353 g/mol. The SMILES string of the molecule is COc1c(C)cnc(CNC(=O)[C@@H]2Cc3ccccc3N2C(C)=O)c1C. The minimum atomic E-state index is -0.530. The summed E-state index contributed by atoms with van der Waals surface area (Å²) in [6.45, 7) is 5.63. The van der Waals surface area contributed by atoms with Crippen molar-refractivity contribution in [3.8, 4) is 5.75 Å². The zero-order valence-corrected chi connectivity index (χ0v) is 15.5. The number of nitrogens with one attached hydrogen (secondary N) is 1. The molecule has 0 bridgehead atoms. The van der Waals surface area contributed by atoms with Gasteiger partial charge in [0.1, 0.15) is 11.8 Å². The van der Waals surface area contributed by atoms with Crippen molar-refractivity contribution in [2.45, 2.75) is 39.8 Å². The normalized spacial score (nSPS) is 15.5. The molecule has 1 N–H and O–H groups in total. The largest absolute Gasteiger partial charge is 0.496 e. The van der Waals surface area contributed by atoms with Crippen LogP contribution in [0.5, 0.6) is 5.75 Å². The van der Waals surface area contributed by atoms with Gasteiger partial charge in [0.05, 0.1) is 19.3 Å². The Labute approximate surface area is 153 Å². The van der Waals surface area contributed by atoms with Crippen molar-refractivity contribution in [2.75, 3.05) is 12.0 Å². The third-order valence-electron chi connectivity index (χ3n) is 4.80. The summed E-state index contributed by atoms with van der Waals surface area (Å²) in [5.74, 6) is 0.460. The van der Waals surface area contributed by atoms with Crippen LogP contribution in [0.15, 0.2) is 30.5 Å². The van der Waals surface area contributed by atoms with Gasteiger partial charge in [0.25, 0.3) is 0 Å². The fraction of sp³-hybridized carbons (Fsp3) is 0.350. The number of nitrogens with zero attached hydrogens (tertiary/aromatic N) is 2. The second kappa shape index (κ2) is 7.15. The van der Waals surface area contributed by atoms with E-state index in [-0.39, 0.29) is 11.8 Å². The number of para-hydroxylation sites is 1. The van der Waals surface area contributed by atoms with Gasteiger partial charge in [0.2, 0.25) is 11.8 Å². The van der Waals surface area contributed by atoms with E-state index in [2.05, 4.69) is 10.3 Å². The molecule has 2 heterocycles. The Balaban J connectivity index is 1.76. The van der Waals surface area contributed by atoms with E-state index < -0.39 is 6.04 Å². The number of amides is 2. The van der Waals surface area contributed by atoms with Gasteiger partial charge >= 0.3 is 0 Å². The lowest BCUT2D eigenvalue weighted by Crippen LogP contribution is -2.47. The summed E-state index contributed by atoms with van der Waals surface area (Å²) in [4.78, 5) is 30.8. The molecule has 0 unspecified atom stereocenters. The number of methoxy groups -OCH3 is 1. The smallest absolute Gasteiger partial charge is 0.243 e. The molecule has 0 aliphatic carbocycles. The number of aryl methyl sites for hydroxylation is 1. The van der Waals surface area contributed by atoms with Crippen LogP contribution in [0.1, 0.15) is 29.3 Å². The molecule has 1 aliphatic rings. The van der Waals surface area contributed by atoms with Gasteiger partial charge in [-0.25, -0.2) is 0 Å². The average Bonchev–Trinajstić information content (AvgIpc) is 3.01. The van der Waals surface area contributed by atoms with Gasteiger partial charge in [-0.2, -0.15) is 0 Å². The number of hydrogen-bond donors (Lipinski definition) is 1. The van der Waals surface area contributed by atoms with Crippen molar-refractivity contribution in [3.63, 3.8) is 0 Å². The lowest BCUT2D eigenvalue weighted by atomic mass is 10.1. The number of ether oxygens (including phenoxy) is 1. The first-order chi connectivity index (χ1) is 12.4. The number of carbonyl (C=O) groups excluding carboxylic acids is 2. The predicted octanol–water partition coefficient (Wildman–Crippen LogP) is 2.30. The average molecular weight is 353 g/mol. The van der Waals surface area contributed by atoms with Gasteiger partial charge in [-0.3, -0.25) is 19.5 Å². The maximum Gasteiger partial charge on any atom is 0.243 e. The lowest BCUT2D eigenvalue weighted by Gasteiger charge is -2.23. The van der Waals surface area contributed by atoms with Crippen LogP contribution in [0.4, 0.5) is 5.69 Å². The fourth-order valence-corrected chi connectivity index (χ4v) is 3.52. The van der Waals surface area contributed by atoms with Gasteiger partial charge in [0.15, 0.2) is 0 Å². The molecule has 1 aromatic carbocycles. The second-order valence-corrected chi connectivity index (χ2v) is 6.50. The number of aromatic nitrogens is 1. The number of benzene rings is 1. The molecular formula is C20H23N3O3. The topological polar surface area (TPSA) is 71.5 Å². The third kappa shape index (κ3) is 3.14. The Kier molecular flexibility index (Phi) is 4.93. The zero-order valence-electron chi connectivity index (χ0n) is 15.5. The molecule has 136 valence electrons. The molecule has 0 spiro atoms. The molecule has 0 fully saturated rings. The maximum absolute atomic E-state index is 12.8. The van der Waals surface area contributed by atoms with Crippen LogP contribution in [0.25, 0.3) is 0 Å². The van der Waals surface area contributed by atoms with E-state index in [1.54, 1.807) is 18.2 Å². The van der Waals surface area contributed by atoms with E-state index in [9.17, 15) is 9.59 Å². The molecule has 0 saturated heterocycles. The Morgan fingerprint density at radius 1 is 1.31 bits per heavy atom. The van der Waals surface area contributed by atoms with E-state index in [1.165, 1.54) is 6.92 Å². The Morgan fingerprint density at radius 2 is 2.04 bits per heavy atom. The van der Waals surface area contributed by atoms with Crippen molar-refractivity contribution in [2.24, 2.45) is 0 Å². The van der Waals surface area contributed by atoms with Crippen molar-refractivity contribution >= 4 is 17.5 Å². The number of rotatable bonds is 4. The van der Waals surface area contributed by atoms with Crippen molar-refractivity contribution in [1.82, 2.24) is 10.3 Å². The molecule has 2 amide bonds. The number of fused-ring (bicyclic) bond motifs is 1. The van der Waals surface area contributed by atoms with Crippen molar-refractivity contribution < 1.29 is 14.3 Å². The molecule has 0 radical (unpaired) electrons. The summed E-state index contributed by atoms with van der Waals surface area (Å²) >= 11 is 0. The van der Waals surface area contributed by atoms with Crippen molar-refractivity contribution in [1.29, 1.82) is 0 Å². The van der Waals surface area contributed by atoms with Crippen LogP contribution in [0.3, 0.4) is 0 Å². The summed E-state index contributed by atoms with van der Waals surface area (Å²) < 4.78 is 5.41. The summed E-state index contributed by atoms with van der Waals surface area (Å²) in [5.41, 5.74) is 4.44. The minimum Gasteiger partial charge on any atom is -0.496 e. The van der Waals surface area contributed by atoms with E-state index in [4.69, 9.17) is 4.74 Å². The lowest BCUT2D eigenvalue weighted by molar-refractivity contribution is -0.125. The predicted molar refractivity (Wildman–Crippen MR) is 99.2 cm³/mol. The molecular weight excluding hydrogens is 330 g/mol. The molecule has 1 aromatic heterocycles. The quantitative estimate of drug-likeness (QED) is 0.915. The van der Waals surface area contributed by atoms with E-state index in [1.807, 2.05) is 38.1 Å². The van der Waals surface area contributed by atoms with Gasteiger partial charge in [-0.15, -0.1) is 0 Å². The van der Waals surface area contributed by atoms with Crippen molar-refractivity contribution in [3.05, 3.63) is 52.8 Å². The molecule has 6 nitrogen and oxygen atoms in total. The highest BCUT2D eigenvalue weighted by Crippen LogP contribution is 2.32. The number of pyridine rings is 1. The minimum absolute atomic E-state index is 0.138. The third-order valence-corrected chi connectivity index (χ3v) is 4.80. The van der Waals surface area contributed by atoms with Crippen LogP contribution in [0, 0.1) is 13.8 Å². The van der Waals surface area contributed by atoms with Gasteiger partial charge in [-0.1, -0.05) is 18.2 Å². The van der Waals surface area contributed by atoms with Crippen LogP contribution >= 0.6 is 0 Å². The number of hydrogen-bond acceptors (Lipinski definition) is 4. The Hall–Kier alpha value is -2.89. The van der Waals surface area contributed by atoms with E-state index in [0.717, 1.165) is 33.8 Å². The zero-order chi connectivity index (χ0) is 18.8. The molecule has 6 heteroatoms. The van der Waals surface area contributed by atoms with Gasteiger partial charge in [-0.05, 0) is 25.5 Å². The number of anilines is 1. The van der Waals surface area contributed by atoms with Gasteiger partial charge < -0.3 is 10.1 Å². The highest BCUT2D eigenvalue weighted by Gasteiger charge is 2.36. The fourth-order valence-electron chi connectivity index (χ4n) is 3.52. The Bertz CT molecular complexity index is 863. The van der Waals surface area contributed by atoms with E-state index in [0.29, 0.717) is 13.0 Å². The standard InChI is InChI=1S/C20H23N3O3/c1-12-10-21-16(13(2)19(12)26-4)11-22-20(25)18-9-15-7-5-6-8-17(15)23(18)14(3)24/h5-8,10,18H,9,11H2,1-4H3,(H,22,25)/t18-/m0/s1. The molecule has 1 atom stereocenters. The molecule has 3 rings (SSSR count). The second-order valence-electron chi connectivity index (χ2n) is 6.50. The maximum atomic E-state index is 12.8. The summed E-state index contributed by atoms with van der Waals surface area (Å²) in [7, 11) is 1.62. The number of carbonyl (C=O) groups is 2. The van der Waals surface area contributed by atoms with Crippen LogP contribution in [-0.2, 0) is 22.6 Å². The van der Waals surface area contributed by atoms with Crippen LogP contribution < -0.4 is 15.0 Å². The summed E-state index contributed by atoms with van der Waals surface area (Å²) in [6, 6.07) is 7.09. The summed E-state index contributed by atoms with van der Waals surface area (Å²) in [6.07, 6.45) is 2.26. The molecule has 2 aromatic rings.